The number of aryl methyl sites for hydroxylation is 1. The van der Waals surface area contributed by atoms with E-state index in [2.05, 4.69) is 44.8 Å². The molecule has 3 nitrogen and oxygen atoms in total. The van der Waals surface area contributed by atoms with E-state index >= 15 is 0 Å². The molecule has 0 bridgehead atoms. The lowest BCUT2D eigenvalue weighted by Crippen LogP contribution is -2.04. The largest absolute Gasteiger partial charge is 0.370 e. The molecule has 0 saturated heterocycles. The Hall–Kier alpha value is -0.390. The third kappa shape index (κ3) is 2.92. The molecule has 66 valence electrons. The molecule has 0 fully saturated rings. The van der Waals surface area contributed by atoms with Crippen molar-refractivity contribution in [2.24, 2.45) is 0 Å². The minimum atomic E-state index is 0.797. The van der Waals surface area contributed by atoms with Crippen LogP contribution >= 0.6 is 22.6 Å². The molecule has 1 rings (SSSR count). The Morgan fingerprint density at radius 2 is 2.25 bits per heavy atom. The monoisotopic (exact) mass is 277 g/mol. The van der Waals surface area contributed by atoms with Crippen molar-refractivity contribution >= 4 is 28.4 Å². The van der Waals surface area contributed by atoms with E-state index < -0.39 is 0 Å². The van der Waals surface area contributed by atoms with Gasteiger partial charge in [0.2, 0.25) is 0 Å². The number of rotatable bonds is 3. The molecule has 1 aromatic heterocycles. The van der Waals surface area contributed by atoms with Crippen molar-refractivity contribution < 1.29 is 0 Å². The molecular weight excluding hydrogens is 265 g/mol. The number of anilines is 1. The van der Waals surface area contributed by atoms with Crippen molar-refractivity contribution in [3.8, 4) is 0 Å². The summed E-state index contributed by atoms with van der Waals surface area (Å²) in [6.45, 7) is 5.07. The fourth-order valence-electron chi connectivity index (χ4n) is 0.876. The first-order chi connectivity index (χ1) is 5.72. The van der Waals surface area contributed by atoms with Crippen LogP contribution < -0.4 is 5.32 Å². The molecule has 0 aliphatic carbocycles. The van der Waals surface area contributed by atoms with Gasteiger partial charge in [0.1, 0.15) is 5.82 Å². The lowest BCUT2D eigenvalue weighted by Gasteiger charge is -2.03. The molecule has 0 atom stereocenters. The minimum Gasteiger partial charge on any atom is -0.370 e. The topological polar surface area (TPSA) is 37.8 Å². The second-order valence-electron chi connectivity index (χ2n) is 2.59. The average Bonchev–Trinajstić information content (AvgIpc) is 1.99. The van der Waals surface area contributed by atoms with Crippen molar-refractivity contribution in [1.29, 1.82) is 0 Å². The van der Waals surface area contributed by atoms with Gasteiger partial charge in [-0.05, 0) is 13.3 Å². The van der Waals surface area contributed by atoms with Crippen LogP contribution in [0.25, 0.3) is 0 Å². The van der Waals surface area contributed by atoms with Crippen LogP contribution in [0.4, 0.5) is 5.82 Å². The molecule has 0 aliphatic rings. The van der Waals surface area contributed by atoms with E-state index in [0.717, 1.165) is 28.3 Å². The highest BCUT2D eigenvalue weighted by atomic mass is 127. The van der Waals surface area contributed by atoms with Gasteiger partial charge in [0.15, 0.2) is 3.83 Å². The molecule has 0 unspecified atom stereocenters. The quantitative estimate of drug-likeness (QED) is 0.680. The number of nitrogens with one attached hydrogen (secondary N) is 1. The lowest BCUT2D eigenvalue weighted by molar-refractivity contribution is 0.953. The predicted molar refractivity (Wildman–Crippen MR) is 58.3 cm³/mol. The molecule has 0 radical (unpaired) electrons. The number of nitrogens with zero attached hydrogens (tertiary/aromatic N) is 2. The smallest absolute Gasteiger partial charge is 0.192 e. The first-order valence-electron chi connectivity index (χ1n) is 3.97. The number of aromatic nitrogens is 2. The molecular formula is C8H12IN3. The van der Waals surface area contributed by atoms with Crippen LogP contribution in [0.1, 0.15) is 19.0 Å². The lowest BCUT2D eigenvalue weighted by atomic mass is 10.4. The third-order valence-corrected chi connectivity index (χ3v) is 1.87. The van der Waals surface area contributed by atoms with Crippen LogP contribution in [0.5, 0.6) is 0 Å². The first kappa shape index (κ1) is 9.70. The van der Waals surface area contributed by atoms with Crippen LogP contribution in [0.2, 0.25) is 0 Å². The van der Waals surface area contributed by atoms with Gasteiger partial charge in [-0.15, -0.1) is 0 Å². The summed E-state index contributed by atoms with van der Waals surface area (Å²) in [5, 5.41) is 3.22. The van der Waals surface area contributed by atoms with E-state index in [1.54, 1.807) is 0 Å². The van der Waals surface area contributed by atoms with Crippen LogP contribution in [0.15, 0.2) is 6.07 Å². The molecule has 4 heteroatoms. The summed E-state index contributed by atoms with van der Waals surface area (Å²) >= 11 is 2.12. The normalized spacial score (nSPS) is 9.92. The fourth-order valence-corrected chi connectivity index (χ4v) is 1.52. The summed E-state index contributed by atoms with van der Waals surface area (Å²) < 4.78 is 0.797. The van der Waals surface area contributed by atoms with Gasteiger partial charge in [0.25, 0.3) is 0 Å². The highest BCUT2D eigenvalue weighted by Crippen LogP contribution is 2.07. The highest BCUT2D eigenvalue weighted by Gasteiger charge is 1.97. The second kappa shape index (κ2) is 4.59. The molecule has 1 heterocycles. The second-order valence-corrected chi connectivity index (χ2v) is 3.56. The molecule has 12 heavy (non-hydrogen) atoms. The summed E-state index contributed by atoms with van der Waals surface area (Å²) in [5.74, 6) is 0.925. The molecule has 0 saturated carbocycles. The van der Waals surface area contributed by atoms with Gasteiger partial charge in [0.05, 0.1) is 0 Å². The maximum Gasteiger partial charge on any atom is 0.192 e. The van der Waals surface area contributed by atoms with E-state index in [4.69, 9.17) is 0 Å². The Morgan fingerprint density at radius 1 is 1.50 bits per heavy atom. The molecule has 0 amide bonds. The Kier molecular flexibility index (Phi) is 3.71. The summed E-state index contributed by atoms with van der Waals surface area (Å²) in [5.41, 5.74) is 1.01. The van der Waals surface area contributed by atoms with E-state index in [9.17, 15) is 0 Å². The van der Waals surface area contributed by atoms with Gasteiger partial charge in [-0.2, -0.15) is 0 Å². The number of halogens is 1. The molecule has 0 aromatic carbocycles. The molecule has 1 aromatic rings. The van der Waals surface area contributed by atoms with E-state index in [0.29, 0.717) is 0 Å². The molecule has 1 N–H and O–H groups in total. The summed E-state index contributed by atoms with van der Waals surface area (Å²) in [4.78, 5) is 8.41. The maximum absolute atomic E-state index is 4.24. The zero-order valence-electron chi connectivity index (χ0n) is 7.26. The summed E-state index contributed by atoms with van der Waals surface area (Å²) in [6, 6.07) is 1.96. The van der Waals surface area contributed by atoms with Gasteiger partial charge in [-0.1, -0.05) is 6.92 Å². The first-order valence-corrected chi connectivity index (χ1v) is 5.05. The van der Waals surface area contributed by atoms with Crippen LogP contribution in [-0.4, -0.2) is 16.5 Å². The van der Waals surface area contributed by atoms with Crippen LogP contribution in [0, 0.1) is 10.8 Å². The average molecular weight is 277 g/mol. The zero-order valence-corrected chi connectivity index (χ0v) is 9.42. The van der Waals surface area contributed by atoms with Crippen molar-refractivity contribution in [2.75, 3.05) is 11.9 Å². The van der Waals surface area contributed by atoms with Crippen LogP contribution in [-0.2, 0) is 0 Å². The van der Waals surface area contributed by atoms with Crippen molar-refractivity contribution in [2.45, 2.75) is 20.3 Å². The SMILES string of the molecule is CCCNc1cc(C)nc(I)n1. The third-order valence-electron chi connectivity index (χ3n) is 1.38. The Bertz CT molecular complexity index is 242. The van der Waals surface area contributed by atoms with E-state index in [1.807, 2.05) is 13.0 Å². The van der Waals surface area contributed by atoms with Crippen molar-refractivity contribution in [3.63, 3.8) is 0 Å². The Balaban J connectivity index is 2.72. The fraction of sp³-hybridized carbons (Fsp3) is 0.500. The predicted octanol–water partition coefficient (Wildman–Crippen LogP) is 2.21. The van der Waals surface area contributed by atoms with Gasteiger partial charge >= 0.3 is 0 Å². The highest BCUT2D eigenvalue weighted by molar-refractivity contribution is 14.1. The van der Waals surface area contributed by atoms with Crippen LogP contribution in [0.3, 0.4) is 0 Å². The van der Waals surface area contributed by atoms with E-state index in [-0.39, 0.29) is 0 Å². The van der Waals surface area contributed by atoms with Gasteiger partial charge in [0, 0.05) is 40.9 Å². The van der Waals surface area contributed by atoms with Crippen molar-refractivity contribution in [3.05, 3.63) is 15.6 Å². The zero-order chi connectivity index (χ0) is 8.97. The number of hydrogen-bond acceptors (Lipinski definition) is 3. The standard InChI is InChI=1S/C8H12IN3/c1-3-4-10-7-5-6(2)11-8(9)12-7/h5H,3-4H2,1-2H3,(H,10,11,12). The summed E-state index contributed by atoms with van der Waals surface area (Å²) in [6.07, 6.45) is 1.11. The van der Waals surface area contributed by atoms with Crippen molar-refractivity contribution in [1.82, 2.24) is 9.97 Å². The van der Waals surface area contributed by atoms with E-state index in [1.165, 1.54) is 0 Å². The van der Waals surface area contributed by atoms with Gasteiger partial charge in [-0.3, -0.25) is 0 Å². The van der Waals surface area contributed by atoms with Gasteiger partial charge < -0.3 is 5.32 Å². The van der Waals surface area contributed by atoms with Gasteiger partial charge in [-0.25, -0.2) is 9.97 Å². The minimum absolute atomic E-state index is 0.797. The Morgan fingerprint density at radius 3 is 2.83 bits per heavy atom. The maximum atomic E-state index is 4.24. The molecule has 0 spiro atoms. The number of hydrogen-bond donors (Lipinski definition) is 1. The molecule has 0 aliphatic heterocycles. The summed E-state index contributed by atoms with van der Waals surface area (Å²) in [7, 11) is 0. The Labute approximate surface area is 86.1 Å².